The molecule has 0 nitrogen and oxygen atoms in total. The first-order valence-electron chi connectivity index (χ1n) is 9.01. The molecule has 0 aliphatic rings. The van der Waals surface area contributed by atoms with E-state index in [4.69, 9.17) is 11.1 Å². The van der Waals surface area contributed by atoms with E-state index in [2.05, 4.69) is 26.1 Å². The van der Waals surface area contributed by atoms with Gasteiger partial charge in [0.15, 0.2) is 7.38 Å². The zero-order chi connectivity index (χ0) is 15.1. The van der Waals surface area contributed by atoms with Crippen LogP contribution < -0.4 is 0 Å². The minimum absolute atomic E-state index is 1.25. The maximum absolute atomic E-state index is 6.82. The largest absolute Gasteiger partial charge is 0.179 e. The van der Waals surface area contributed by atoms with Gasteiger partial charge in [0.25, 0.3) is 0 Å². The summed E-state index contributed by atoms with van der Waals surface area (Å²) in [6.07, 6.45) is 16.4. The van der Waals surface area contributed by atoms with Gasteiger partial charge in [-0.15, -0.1) is 6.58 Å². The fourth-order valence-electron chi connectivity index (χ4n) is 2.73. The fraction of sp³-hybridized carbons (Fsp3) is 0.889. The van der Waals surface area contributed by atoms with Crippen LogP contribution in [-0.2, 0) is 0 Å². The molecule has 0 heterocycles. The second kappa shape index (κ2) is 14.2. The van der Waals surface area contributed by atoms with Crippen molar-refractivity contribution in [3.63, 3.8) is 0 Å². The van der Waals surface area contributed by atoms with Gasteiger partial charge in [0.05, 0.1) is 0 Å². The van der Waals surface area contributed by atoms with Crippen molar-refractivity contribution in [3.8, 4) is 0 Å². The molecule has 0 N–H and O–H groups in total. The van der Waals surface area contributed by atoms with Crippen molar-refractivity contribution >= 4 is 18.5 Å². The lowest BCUT2D eigenvalue weighted by molar-refractivity contribution is 0.617. The second-order valence-electron chi connectivity index (χ2n) is 6.27. The van der Waals surface area contributed by atoms with Gasteiger partial charge in [-0.25, -0.2) is 0 Å². The molecule has 0 aromatic heterocycles. The molecular weight excluding hydrogens is 280 g/mol. The summed E-state index contributed by atoms with van der Waals surface area (Å²) in [5, 5.41) is 0. The van der Waals surface area contributed by atoms with Crippen LogP contribution in [0, 0.1) is 0 Å². The average molecular weight is 317 g/mol. The Balaban J connectivity index is 3.60. The van der Waals surface area contributed by atoms with Crippen molar-refractivity contribution in [2.75, 3.05) is 0 Å². The third-order valence-electron chi connectivity index (χ3n) is 4.26. The van der Waals surface area contributed by atoms with Crippen LogP contribution in [0.25, 0.3) is 0 Å². The number of halogens is 1. The maximum Gasteiger partial charge on any atom is 0.179 e. The Hall–Kier alpha value is 0.247. The second-order valence-corrected chi connectivity index (χ2v) is 12.0. The molecule has 0 unspecified atom stereocenters. The molecule has 0 aliphatic heterocycles. The van der Waals surface area contributed by atoms with Gasteiger partial charge in [-0.2, -0.15) is 11.1 Å². The molecular formula is C18H37ClSi. The van der Waals surface area contributed by atoms with E-state index < -0.39 is 7.38 Å². The molecule has 0 radical (unpaired) electrons. The van der Waals surface area contributed by atoms with Crippen molar-refractivity contribution in [2.24, 2.45) is 0 Å². The van der Waals surface area contributed by atoms with Crippen molar-refractivity contribution < 1.29 is 0 Å². The fourth-order valence-corrected chi connectivity index (χ4v) is 5.86. The van der Waals surface area contributed by atoms with E-state index >= 15 is 0 Å². The molecule has 0 bridgehead atoms. The van der Waals surface area contributed by atoms with E-state index in [1.54, 1.807) is 0 Å². The average Bonchev–Trinajstić information content (AvgIpc) is 2.46. The monoisotopic (exact) mass is 316 g/mol. The molecule has 2 heteroatoms. The summed E-state index contributed by atoms with van der Waals surface area (Å²) in [6.45, 7) is 8.56. The van der Waals surface area contributed by atoms with Gasteiger partial charge in [0.2, 0.25) is 0 Å². The standard InChI is InChI=1S/C18H37ClSi/c1-4-7-9-11-13-15-17-20(19,6-3)18-16-14-12-10-8-5-2/h6H,3-5,7-18H2,1-2H3. The zero-order valence-corrected chi connectivity index (χ0v) is 15.8. The van der Waals surface area contributed by atoms with Crippen LogP contribution in [0.3, 0.4) is 0 Å². The highest BCUT2D eigenvalue weighted by Gasteiger charge is 2.25. The van der Waals surface area contributed by atoms with Crippen molar-refractivity contribution in [3.05, 3.63) is 12.3 Å². The SMILES string of the molecule is C=C[Si](Cl)(CCCCCCCC)CCCCCCCC. The molecule has 20 heavy (non-hydrogen) atoms. The first kappa shape index (κ1) is 20.2. The van der Waals surface area contributed by atoms with Gasteiger partial charge in [-0.05, 0) is 12.1 Å². The highest BCUT2D eigenvalue weighted by Crippen LogP contribution is 2.28. The Bertz CT molecular complexity index is 199. The van der Waals surface area contributed by atoms with Crippen molar-refractivity contribution in [1.29, 1.82) is 0 Å². The van der Waals surface area contributed by atoms with Crippen LogP contribution in [0.4, 0.5) is 0 Å². The van der Waals surface area contributed by atoms with E-state index in [1.165, 1.54) is 89.1 Å². The number of hydrogen-bond acceptors (Lipinski definition) is 0. The first-order chi connectivity index (χ1) is 9.68. The van der Waals surface area contributed by atoms with Crippen LogP contribution in [0.15, 0.2) is 12.3 Å². The van der Waals surface area contributed by atoms with Crippen molar-refractivity contribution in [2.45, 2.75) is 103 Å². The number of rotatable bonds is 15. The van der Waals surface area contributed by atoms with Crippen LogP contribution >= 0.6 is 11.1 Å². The predicted molar refractivity (Wildman–Crippen MR) is 98.2 cm³/mol. The molecule has 0 rings (SSSR count). The van der Waals surface area contributed by atoms with Crippen LogP contribution in [-0.4, -0.2) is 7.38 Å². The predicted octanol–water partition coefficient (Wildman–Crippen LogP) is 7.62. The first-order valence-corrected chi connectivity index (χ1v) is 12.5. The third kappa shape index (κ3) is 12.0. The molecule has 0 saturated heterocycles. The summed E-state index contributed by atoms with van der Waals surface area (Å²) in [5.74, 6) is 0. The van der Waals surface area contributed by atoms with E-state index in [1.807, 2.05) is 0 Å². The topological polar surface area (TPSA) is 0 Å². The summed E-state index contributed by atoms with van der Waals surface area (Å²) in [6, 6.07) is 2.50. The van der Waals surface area contributed by atoms with Crippen molar-refractivity contribution in [1.82, 2.24) is 0 Å². The summed E-state index contributed by atoms with van der Waals surface area (Å²) in [4.78, 5) is 0. The number of unbranched alkanes of at least 4 members (excludes halogenated alkanes) is 10. The third-order valence-corrected chi connectivity index (χ3v) is 8.96. The molecule has 0 fully saturated rings. The van der Waals surface area contributed by atoms with E-state index in [0.29, 0.717) is 0 Å². The summed E-state index contributed by atoms with van der Waals surface area (Å²) in [7, 11) is -1.62. The molecule has 0 atom stereocenters. The van der Waals surface area contributed by atoms with E-state index in [-0.39, 0.29) is 0 Å². The molecule has 120 valence electrons. The summed E-state index contributed by atoms with van der Waals surface area (Å²) < 4.78 is 0. The lowest BCUT2D eigenvalue weighted by Crippen LogP contribution is -2.23. The Kier molecular flexibility index (Phi) is 14.4. The Morgan fingerprint density at radius 3 is 1.40 bits per heavy atom. The number of hydrogen-bond donors (Lipinski definition) is 0. The molecule has 0 aromatic rings. The van der Waals surface area contributed by atoms with Gasteiger partial charge in [0.1, 0.15) is 0 Å². The molecule has 0 aliphatic carbocycles. The highest BCUT2D eigenvalue weighted by molar-refractivity contribution is 7.23. The van der Waals surface area contributed by atoms with Crippen LogP contribution in [0.1, 0.15) is 90.9 Å². The quantitative estimate of drug-likeness (QED) is 0.165. The summed E-state index contributed by atoms with van der Waals surface area (Å²) in [5.41, 5.74) is 2.13. The van der Waals surface area contributed by atoms with Gasteiger partial charge < -0.3 is 0 Å². The Labute approximate surface area is 134 Å². The Morgan fingerprint density at radius 2 is 1.05 bits per heavy atom. The minimum atomic E-state index is -1.62. The molecule has 0 spiro atoms. The molecule has 0 amide bonds. The normalized spacial score (nSPS) is 11.8. The lowest BCUT2D eigenvalue weighted by Gasteiger charge is -2.20. The molecule has 0 aromatic carbocycles. The highest BCUT2D eigenvalue weighted by atomic mass is 35.6. The van der Waals surface area contributed by atoms with Crippen LogP contribution in [0.2, 0.25) is 12.1 Å². The van der Waals surface area contributed by atoms with E-state index in [9.17, 15) is 0 Å². The zero-order valence-electron chi connectivity index (χ0n) is 14.1. The maximum atomic E-state index is 6.82. The minimum Gasteiger partial charge on any atom is -0.162 e. The smallest absolute Gasteiger partial charge is 0.162 e. The van der Waals surface area contributed by atoms with Gasteiger partial charge in [-0.1, -0.05) is 96.6 Å². The van der Waals surface area contributed by atoms with E-state index in [0.717, 1.165) is 0 Å². The van der Waals surface area contributed by atoms with Gasteiger partial charge >= 0.3 is 0 Å². The van der Waals surface area contributed by atoms with Crippen LogP contribution in [0.5, 0.6) is 0 Å². The van der Waals surface area contributed by atoms with Gasteiger partial charge in [0, 0.05) is 0 Å². The Morgan fingerprint density at radius 1 is 0.700 bits per heavy atom. The molecule has 0 saturated carbocycles. The lowest BCUT2D eigenvalue weighted by atomic mass is 10.1. The van der Waals surface area contributed by atoms with Gasteiger partial charge in [-0.3, -0.25) is 0 Å². The summed E-state index contributed by atoms with van der Waals surface area (Å²) >= 11 is 6.82.